The highest BCUT2D eigenvalue weighted by Crippen LogP contribution is 2.45. The summed E-state index contributed by atoms with van der Waals surface area (Å²) in [6, 6.07) is 3.82. The second-order valence-corrected chi connectivity index (χ2v) is 15.0. The van der Waals surface area contributed by atoms with Crippen molar-refractivity contribution in [1.82, 2.24) is 0 Å². The molecule has 0 radical (unpaired) electrons. The van der Waals surface area contributed by atoms with Crippen LogP contribution in [0.1, 0.15) is 99.8 Å². The first-order chi connectivity index (χ1) is 17.9. The van der Waals surface area contributed by atoms with Gasteiger partial charge in [0, 0.05) is 22.3 Å². The van der Waals surface area contributed by atoms with Crippen LogP contribution in [0.5, 0.6) is 5.75 Å². The van der Waals surface area contributed by atoms with Crippen molar-refractivity contribution in [2.24, 2.45) is 10.8 Å². The van der Waals surface area contributed by atoms with Gasteiger partial charge in [-0.3, -0.25) is 14.4 Å². The third-order valence-corrected chi connectivity index (χ3v) is 7.33. The fraction of sp³-hybridized carbons (Fsp3) is 0.457. The molecule has 214 valence electrons. The van der Waals surface area contributed by atoms with Crippen LogP contribution in [0.15, 0.2) is 64.5 Å². The van der Waals surface area contributed by atoms with Crippen LogP contribution in [0, 0.1) is 10.8 Å². The summed E-state index contributed by atoms with van der Waals surface area (Å²) in [5, 5.41) is 22.2. The van der Waals surface area contributed by atoms with Gasteiger partial charge < -0.3 is 10.2 Å². The third kappa shape index (κ3) is 5.99. The number of hydrogen-bond acceptors (Lipinski definition) is 5. The number of aliphatic hydroxyl groups excluding tert-OH is 1. The summed E-state index contributed by atoms with van der Waals surface area (Å²) in [5.41, 5.74) is 2.67. The lowest BCUT2D eigenvalue weighted by Gasteiger charge is -2.30. The van der Waals surface area contributed by atoms with E-state index >= 15 is 0 Å². The summed E-state index contributed by atoms with van der Waals surface area (Å²) < 4.78 is 0. The van der Waals surface area contributed by atoms with Gasteiger partial charge in [0.1, 0.15) is 5.75 Å². The second kappa shape index (κ2) is 9.87. The Hall–Kier alpha value is -3.47. The first-order valence-electron chi connectivity index (χ1n) is 13.8. The van der Waals surface area contributed by atoms with Gasteiger partial charge in [-0.2, -0.15) is 0 Å². The summed E-state index contributed by atoms with van der Waals surface area (Å²) in [4.78, 5) is 39.0. The number of allylic oxidation sites excluding steroid dienone is 9. The topological polar surface area (TPSA) is 91.7 Å². The van der Waals surface area contributed by atoms with Crippen molar-refractivity contribution in [3.8, 4) is 5.75 Å². The Bertz CT molecular complexity index is 1420. The predicted octanol–water partition coefficient (Wildman–Crippen LogP) is 7.79. The van der Waals surface area contributed by atoms with Crippen molar-refractivity contribution >= 4 is 22.9 Å². The summed E-state index contributed by atoms with van der Waals surface area (Å²) in [6.45, 7) is 23.5. The van der Waals surface area contributed by atoms with Gasteiger partial charge in [-0.1, -0.05) is 83.1 Å². The van der Waals surface area contributed by atoms with Crippen LogP contribution in [0.4, 0.5) is 0 Å². The maximum atomic E-state index is 13.1. The van der Waals surface area contributed by atoms with Crippen molar-refractivity contribution in [3.63, 3.8) is 0 Å². The van der Waals surface area contributed by atoms with Crippen molar-refractivity contribution in [2.45, 2.75) is 93.9 Å². The molecule has 2 aliphatic rings. The van der Waals surface area contributed by atoms with E-state index in [-0.39, 0.29) is 11.5 Å². The molecule has 0 spiro atoms. The molecule has 2 N–H and O–H groups in total. The number of phenolic OH excluding ortho intramolecular Hbond substituents is 1. The van der Waals surface area contributed by atoms with E-state index in [1.54, 1.807) is 12.2 Å². The molecule has 40 heavy (non-hydrogen) atoms. The fourth-order valence-corrected chi connectivity index (χ4v) is 5.04. The van der Waals surface area contributed by atoms with Crippen molar-refractivity contribution in [2.75, 3.05) is 0 Å². The molecule has 0 unspecified atom stereocenters. The number of aromatic hydroxyl groups is 1. The van der Waals surface area contributed by atoms with E-state index in [9.17, 15) is 24.6 Å². The number of hydrogen-bond donors (Lipinski definition) is 2. The van der Waals surface area contributed by atoms with Crippen LogP contribution in [0.25, 0.3) is 5.57 Å². The van der Waals surface area contributed by atoms with Crippen LogP contribution in [-0.2, 0) is 25.2 Å². The zero-order valence-corrected chi connectivity index (χ0v) is 26.1. The quantitative estimate of drug-likeness (QED) is 0.293. The van der Waals surface area contributed by atoms with E-state index in [2.05, 4.69) is 0 Å². The molecule has 5 heteroatoms. The number of carbonyl (C=O) groups excluding carboxylic acids is 3. The minimum atomic E-state index is -0.619. The van der Waals surface area contributed by atoms with Crippen LogP contribution < -0.4 is 0 Å². The molecule has 0 saturated heterocycles. The molecule has 1 aromatic carbocycles. The summed E-state index contributed by atoms with van der Waals surface area (Å²) in [5.74, 6) is -1.77. The molecule has 0 bridgehead atoms. The minimum absolute atomic E-state index is 0.214. The Labute approximate surface area is 239 Å². The second-order valence-electron chi connectivity index (χ2n) is 15.0. The molecular weight excluding hydrogens is 500 g/mol. The van der Waals surface area contributed by atoms with Gasteiger partial charge >= 0.3 is 0 Å². The van der Waals surface area contributed by atoms with Crippen molar-refractivity contribution in [1.29, 1.82) is 0 Å². The molecule has 3 rings (SSSR count). The maximum absolute atomic E-state index is 13.1. The van der Waals surface area contributed by atoms with E-state index in [0.717, 1.165) is 11.1 Å². The Morgan fingerprint density at radius 2 is 1.02 bits per heavy atom. The zero-order chi connectivity index (χ0) is 30.7. The van der Waals surface area contributed by atoms with Crippen LogP contribution in [0.3, 0.4) is 0 Å². The zero-order valence-electron chi connectivity index (χ0n) is 26.1. The van der Waals surface area contributed by atoms with Gasteiger partial charge in [0.2, 0.25) is 17.3 Å². The lowest BCUT2D eigenvalue weighted by molar-refractivity contribution is -0.132. The molecule has 0 fully saturated rings. The molecule has 1 aromatic rings. The van der Waals surface area contributed by atoms with Crippen LogP contribution in [0.2, 0.25) is 0 Å². The highest BCUT2D eigenvalue weighted by molar-refractivity contribution is 6.49. The number of aliphatic hydroxyl groups is 1. The number of carbonyl (C=O) groups is 3. The van der Waals surface area contributed by atoms with Gasteiger partial charge in [0.05, 0.1) is 0 Å². The minimum Gasteiger partial charge on any atom is -0.507 e. The summed E-state index contributed by atoms with van der Waals surface area (Å²) in [6.07, 6.45) is 6.29. The van der Waals surface area contributed by atoms with Crippen LogP contribution >= 0.6 is 0 Å². The van der Waals surface area contributed by atoms with Crippen molar-refractivity contribution < 1.29 is 24.6 Å². The lowest BCUT2D eigenvalue weighted by Crippen LogP contribution is -2.27. The SMILES string of the molecule is CC(C)(C)C1=CC(C(=C2C=C(O)C(=O)C(C(C)(C)C)=C2)c2cc(C(C)(C)C)c(O)c(C(C)(C)C)c2)=CC(=O)C1=O. The predicted molar refractivity (Wildman–Crippen MR) is 161 cm³/mol. The van der Waals surface area contributed by atoms with Gasteiger partial charge in [-0.15, -0.1) is 0 Å². The summed E-state index contributed by atoms with van der Waals surface area (Å²) in [7, 11) is 0. The maximum Gasteiger partial charge on any atom is 0.229 e. The smallest absolute Gasteiger partial charge is 0.229 e. The molecule has 0 atom stereocenters. The molecule has 0 aromatic heterocycles. The first-order valence-corrected chi connectivity index (χ1v) is 13.8. The lowest BCUT2D eigenvalue weighted by atomic mass is 9.73. The largest absolute Gasteiger partial charge is 0.507 e. The van der Waals surface area contributed by atoms with Crippen LogP contribution in [-0.4, -0.2) is 27.6 Å². The number of ketones is 3. The number of benzene rings is 1. The number of phenols is 1. The molecule has 0 aliphatic heterocycles. The monoisotopic (exact) mass is 544 g/mol. The highest BCUT2D eigenvalue weighted by atomic mass is 16.3. The molecule has 5 nitrogen and oxygen atoms in total. The normalized spacial score (nSPS) is 18.8. The molecule has 0 heterocycles. The molecule has 2 aliphatic carbocycles. The van der Waals surface area contributed by atoms with Crippen molar-refractivity contribution in [3.05, 3.63) is 81.2 Å². The third-order valence-electron chi connectivity index (χ3n) is 7.33. The Kier molecular flexibility index (Phi) is 7.66. The Morgan fingerprint density at radius 1 is 0.575 bits per heavy atom. The molecule has 0 saturated carbocycles. The van der Waals surface area contributed by atoms with Gasteiger partial charge in [-0.25, -0.2) is 0 Å². The van der Waals surface area contributed by atoms with E-state index in [1.165, 1.54) is 12.2 Å². The summed E-state index contributed by atoms with van der Waals surface area (Å²) >= 11 is 0. The Balaban J connectivity index is 2.59. The van der Waals surface area contributed by atoms with Gasteiger partial charge in [-0.05, 0) is 80.4 Å². The van der Waals surface area contributed by atoms with E-state index in [0.29, 0.717) is 33.4 Å². The fourth-order valence-electron chi connectivity index (χ4n) is 5.04. The first kappa shape index (κ1) is 31.1. The van der Waals surface area contributed by atoms with Gasteiger partial charge in [0.25, 0.3) is 0 Å². The standard InChI is InChI=1S/C35H44O5/c1-32(2,3)22-13-19(14-23(29(22)38)33(4,5)6)28(20-15-24(34(7,8)9)30(39)26(36)17-20)21-16-25(35(10,11)12)31(40)27(37)18-21/h13-18,36,38H,1-12H3. The van der Waals surface area contributed by atoms with E-state index in [1.807, 2.05) is 95.2 Å². The average Bonchev–Trinajstić information content (AvgIpc) is 2.76. The van der Waals surface area contributed by atoms with E-state index < -0.39 is 39.0 Å². The molecular formula is C35H44O5. The van der Waals surface area contributed by atoms with E-state index in [4.69, 9.17) is 0 Å². The Morgan fingerprint density at radius 3 is 1.45 bits per heavy atom. The highest BCUT2D eigenvalue weighted by Gasteiger charge is 2.35. The average molecular weight is 545 g/mol. The number of rotatable bonds is 2. The number of Topliss-reactive ketones (excluding diaryl/α,β-unsaturated/α-hetero) is 2. The van der Waals surface area contributed by atoms with Gasteiger partial charge in [0.15, 0.2) is 5.76 Å². The molecule has 0 amide bonds.